The molecule has 0 N–H and O–H groups in total. The molecule has 6 rings (SSSR count). The molecule has 5 aromatic rings. The Morgan fingerprint density at radius 1 is 0.932 bits per heavy atom. The van der Waals surface area contributed by atoms with Crippen LogP contribution in [0.5, 0.6) is 0 Å². The van der Waals surface area contributed by atoms with Gasteiger partial charge < -0.3 is 4.90 Å². The zero-order valence-electron chi connectivity index (χ0n) is 24.9. The second kappa shape index (κ2) is 13.4. The summed E-state index contributed by atoms with van der Waals surface area (Å²) >= 11 is 7.76. The van der Waals surface area contributed by atoms with Crippen LogP contribution < -0.4 is 5.56 Å². The number of halogens is 1. The number of fused-ring (bicyclic) bond motifs is 1. The monoisotopic (exact) mass is 621 g/mol. The second-order valence-electron chi connectivity index (χ2n) is 11.5. The molecule has 1 aliphatic heterocycles. The predicted molar refractivity (Wildman–Crippen MR) is 181 cm³/mol. The largest absolute Gasteiger partial charge is 0.340 e. The maximum atomic E-state index is 14.6. The van der Waals surface area contributed by atoms with Crippen molar-refractivity contribution in [3.63, 3.8) is 0 Å². The Hall–Kier alpha value is -3.87. The zero-order valence-corrected chi connectivity index (χ0v) is 26.4. The number of nitrogens with zero attached hydrogens (tertiary/aromatic N) is 3. The van der Waals surface area contributed by atoms with E-state index in [1.807, 2.05) is 42.5 Å². The minimum absolute atomic E-state index is 0.0967. The topological polar surface area (TPSA) is 55.2 Å². The van der Waals surface area contributed by atoms with Gasteiger partial charge in [0.2, 0.25) is 5.91 Å². The number of unbranched alkanes of at least 4 members (excludes halogenated alkanes) is 1. The first-order valence-corrected chi connectivity index (χ1v) is 16.6. The van der Waals surface area contributed by atoms with E-state index in [4.69, 9.17) is 16.6 Å². The van der Waals surface area contributed by atoms with Crippen LogP contribution in [0, 0.1) is 0 Å². The van der Waals surface area contributed by atoms with E-state index in [2.05, 4.69) is 60.4 Å². The number of hydrogen-bond donors (Lipinski definition) is 0. The maximum Gasteiger partial charge on any atom is 0.266 e. The summed E-state index contributed by atoms with van der Waals surface area (Å²) in [5.74, 6) is 0.0967. The third kappa shape index (κ3) is 6.06. The number of carbonyl (C=O) groups is 1. The van der Waals surface area contributed by atoms with Gasteiger partial charge in [0.15, 0.2) is 5.16 Å². The number of piperidine rings is 1. The standard InChI is InChI=1S/C37H36ClN3O2S/c1-2-3-22-33(44-36-39-32-21-11-10-20-31(32)34(42)41(36)30-19-12-18-29(38)25-30)35(43)40-24-13-23-37(26-40,27-14-6-4-7-15-27)28-16-8-5-9-17-28/h4-12,14-21,25,33H,2-3,13,22-24,26H2,1H3. The normalized spacial score (nSPS) is 15.3. The first-order chi connectivity index (χ1) is 21.5. The lowest BCUT2D eigenvalue weighted by Gasteiger charge is -2.44. The summed E-state index contributed by atoms with van der Waals surface area (Å²) in [7, 11) is 0. The van der Waals surface area contributed by atoms with Crippen molar-refractivity contribution in [2.24, 2.45) is 0 Å². The lowest BCUT2D eigenvalue weighted by atomic mass is 9.69. The van der Waals surface area contributed by atoms with Gasteiger partial charge in [-0.25, -0.2) is 4.98 Å². The number of aromatic nitrogens is 2. The summed E-state index contributed by atoms with van der Waals surface area (Å²) in [5, 5.41) is 1.17. The van der Waals surface area contributed by atoms with E-state index in [-0.39, 0.29) is 16.9 Å². The van der Waals surface area contributed by atoms with E-state index >= 15 is 0 Å². The van der Waals surface area contributed by atoms with Crippen molar-refractivity contribution in [3.8, 4) is 5.69 Å². The van der Waals surface area contributed by atoms with Gasteiger partial charge in [-0.3, -0.25) is 14.2 Å². The Morgan fingerprint density at radius 3 is 2.30 bits per heavy atom. The molecule has 1 amide bonds. The fourth-order valence-electron chi connectivity index (χ4n) is 6.38. The molecule has 5 nitrogen and oxygen atoms in total. The van der Waals surface area contributed by atoms with Gasteiger partial charge in [-0.1, -0.05) is 122 Å². The van der Waals surface area contributed by atoms with Gasteiger partial charge in [-0.2, -0.15) is 0 Å². The number of benzene rings is 4. The van der Waals surface area contributed by atoms with Crippen LogP contribution >= 0.6 is 23.4 Å². The van der Waals surface area contributed by atoms with Crippen LogP contribution in [0.1, 0.15) is 50.2 Å². The predicted octanol–water partition coefficient (Wildman–Crippen LogP) is 8.30. The Morgan fingerprint density at radius 2 is 1.61 bits per heavy atom. The van der Waals surface area contributed by atoms with Crippen LogP contribution in [0.2, 0.25) is 5.02 Å². The number of likely N-dealkylation sites (tertiary alicyclic amines) is 1. The van der Waals surface area contributed by atoms with Gasteiger partial charge in [-0.15, -0.1) is 0 Å². The quantitative estimate of drug-likeness (QED) is 0.123. The Balaban J connectivity index is 1.40. The van der Waals surface area contributed by atoms with Crippen molar-refractivity contribution in [1.29, 1.82) is 0 Å². The average Bonchev–Trinajstić information content (AvgIpc) is 3.07. The van der Waals surface area contributed by atoms with Gasteiger partial charge in [0, 0.05) is 23.5 Å². The van der Waals surface area contributed by atoms with E-state index < -0.39 is 5.25 Å². The average molecular weight is 622 g/mol. The molecule has 0 bridgehead atoms. The van der Waals surface area contributed by atoms with E-state index in [1.54, 1.807) is 22.8 Å². The van der Waals surface area contributed by atoms with Crippen molar-refractivity contribution in [1.82, 2.24) is 14.5 Å². The molecule has 0 aliphatic carbocycles. The van der Waals surface area contributed by atoms with E-state index in [9.17, 15) is 9.59 Å². The van der Waals surface area contributed by atoms with Gasteiger partial charge in [0.25, 0.3) is 5.56 Å². The number of para-hydroxylation sites is 1. The molecule has 4 aromatic carbocycles. The number of thioether (sulfide) groups is 1. The number of rotatable bonds is 9. The van der Waals surface area contributed by atoms with Crippen molar-refractivity contribution < 1.29 is 4.79 Å². The molecular formula is C37H36ClN3O2S. The maximum absolute atomic E-state index is 14.6. The Bertz CT molecular complexity index is 1770. The lowest BCUT2D eigenvalue weighted by Crippen LogP contribution is -2.51. The van der Waals surface area contributed by atoms with Gasteiger partial charge >= 0.3 is 0 Å². The summed E-state index contributed by atoms with van der Waals surface area (Å²) in [6.45, 7) is 3.45. The molecule has 1 atom stereocenters. The Labute approximate surface area is 267 Å². The molecule has 2 heterocycles. The zero-order chi connectivity index (χ0) is 30.5. The van der Waals surface area contributed by atoms with Crippen molar-refractivity contribution in [2.45, 2.75) is 54.8 Å². The van der Waals surface area contributed by atoms with Crippen LogP contribution in [0.3, 0.4) is 0 Å². The molecule has 44 heavy (non-hydrogen) atoms. The third-order valence-corrected chi connectivity index (χ3v) is 10.1. The second-order valence-corrected chi connectivity index (χ2v) is 13.1. The summed E-state index contributed by atoms with van der Waals surface area (Å²) in [6, 6.07) is 35.8. The fourth-order valence-corrected chi connectivity index (χ4v) is 7.80. The van der Waals surface area contributed by atoms with E-state index in [1.165, 1.54) is 22.9 Å². The minimum Gasteiger partial charge on any atom is -0.340 e. The van der Waals surface area contributed by atoms with Crippen molar-refractivity contribution in [3.05, 3.63) is 136 Å². The van der Waals surface area contributed by atoms with Crippen LogP contribution in [-0.2, 0) is 10.2 Å². The van der Waals surface area contributed by atoms with Crippen molar-refractivity contribution >= 4 is 40.2 Å². The summed E-state index contributed by atoms with van der Waals surface area (Å²) in [6.07, 6.45) is 4.43. The summed E-state index contributed by atoms with van der Waals surface area (Å²) in [5.41, 5.74) is 3.24. The highest BCUT2D eigenvalue weighted by Gasteiger charge is 2.41. The molecule has 0 spiro atoms. The van der Waals surface area contributed by atoms with Gasteiger partial charge in [0.1, 0.15) is 0 Å². The SMILES string of the molecule is CCCCC(Sc1nc2ccccc2c(=O)n1-c1cccc(Cl)c1)C(=O)N1CCCC(c2ccccc2)(c2ccccc2)C1. The highest BCUT2D eigenvalue weighted by atomic mass is 35.5. The first kappa shape index (κ1) is 30.2. The first-order valence-electron chi connectivity index (χ1n) is 15.3. The summed E-state index contributed by atoms with van der Waals surface area (Å²) in [4.78, 5) is 35.5. The smallest absolute Gasteiger partial charge is 0.266 e. The van der Waals surface area contributed by atoms with E-state index in [0.29, 0.717) is 46.3 Å². The molecule has 0 radical (unpaired) electrons. The van der Waals surface area contributed by atoms with Crippen LogP contribution in [0.25, 0.3) is 16.6 Å². The van der Waals surface area contributed by atoms with Gasteiger partial charge in [0.05, 0.1) is 21.8 Å². The highest BCUT2D eigenvalue weighted by Crippen LogP contribution is 2.41. The molecule has 0 saturated carbocycles. The molecular weight excluding hydrogens is 586 g/mol. The minimum atomic E-state index is -0.393. The number of carbonyl (C=O) groups excluding carboxylic acids is 1. The van der Waals surface area contributed by atoms with Crippen molar-refractivity contribution in [2.75, 3.05) is 13.1 Å². The molecule has 1 aliphatic rings. The summed E-state index contributed by atoms with van der Waals surface area (Å²) < 4.78 is 1.61. The Kier molecular flexibility index (Phi) is 9.20. The molecule has 1 aromatic heterocycles. The molecule has 7 heteroatoms. The third-order valence-electron chi connectivity index (χ3n) is 8.61. The van der Waals surface area contributed by atoms with Crippen LogP contribution in [-0.4, -0.2) is 38.7 Å². The number of amides is 1. The van der Waals surface area contributed by atoms with Crippen LogP contribution in [0.15, 0.2) is 119 Å². The molecule has 224 valence electrons. The molecule has 1 fully saturated rings. The van der Waals surface area contributed by atoms with Gasteiger partial charge in [-0.05, 0) is 60.7 Å². The highest BCUT2D eigenvalue weighted by molar-refractivity contribution is 8.00. The lowest BCUT2D eigenvalue weighted by molar-refractivity contribution is -0.132. The fraction of sp³-hybridized carbons (Fsp3) is 0.270. The molecule has 1 unspecified atom stereocenters. The van der Waals surface area contributed by atoms with E-state index in [0.717, 1.165) is 25.7 Å². The molecule has 1 saturated heterocycles. The van der Waals surface area contributed by atoms with Crippen LogP contribution in [0.4, 0.5) is 0 Å². The number of hydrogen-bond acceptors (Lipinski definition) is 4.